The number of rotatable bonds is 4. The largest absolute Gasteiger partial charge is 0.342 e. The molecular formula is C17H32N2O. The molecule has 1 aliphatic heterocycles. The van der Waals surface area contributed by atoms with Crippen LogP contribution in [0.3, 0.4) is 0 Å². The van der Waals surface area contributed by atoms with E-state index in [0.29, 0.717) is 23.8 Å². The minimum Gasteiger partial charge on any atom is -0.342 e. The first-order valence-corrected chi connectivity index (χ1v) is 8.64. The minimum atomic E-state index is 0.213. The van der Waals surface area contributed by atoms with Gasteiger partial charge >= 0.3 is 0 Å². The Hall–Kier alpha value is -0.570. The summed E-state index contributed by atoms with van der Waals surface area (Å²) in [5, 5.41) is 0. The van der Waals surface area contributed by atoms with E-state index in [1.54, 1.807) is 0 Å². The van der Waals surface area contributed by atoms with Crippen molar-refractivity contribution in [2.75, 3.05) is 19.6 Å². The maximum atomic E-state index is 12.8. The number of hydrogen-bond acceptors (Lipinski definition) is 2. The molecule has 2 aliphatic rings. The standard InChI is InChI=1S/C17H32N2O/c1-3-17(4-2)9-11-19(12-10-17)16(20)15-8-6-5-7-14(15)13-18/h14-15H,3-13,18H2,1-2H3. The third-order valence-electron chi connectivity index (χ3n) is 6.16. The maximum Gasteiger partial charge on any atom is 0.226 e. The average Bonchev–Trinajstić information content (AvgIpc) is 2.54. The van der Waals surface area contributed by atoms with E-state index in [0.717, 1.165) is 25.9 Å². The Bertz CT molecular complexity index is 315. The molecule has 1 heterocycles. The van der Waals surface area contributed by atoms with Crippen molar-refractivity contribution in [3.8, 4) is 0 Å². The SMILES string of the molecule is CCC1(CC)CCN(C(=O)C2CCCCC2CN)CC1. The normalized spacial score (nSPS) is 30.2. The summed E-state index contributed by atoms with van der Waals surface area (Å²) in [5.74, 6) is 1.05. The van der Waals surface area contributed by atoms with Gasteiger partial charge in [-0.2, -0.15) is 0 Å². The molecule has 1 saturated heterocycles. The van der Waals surface area contributed by atoms with Crippen LogP contribution < -0.4 is 5.73 Å². The van der Waals surface area contributed by atoms with Gasteiger partial charge < -0.3 is 10.6 Å². The third-order valence-corrected chi connectivity index (χ3v) is 6.16. The molecule has 2 atom stereocenters. The fourth-order valence-electron chi connectivity index (χ4n) is 4.21. The highest BCUT2D eigenvalue weighted by Gasteiger charge is 2.37. The lowest BCUT2D eigenvalue weighted by Gasteiger charge is -2.43. The Kier molecular flexibility index (Phi) is 5.48. The lowest BCUT2D eigenvalue weighted by atomic mass is 9.73. The summed E-state index contributed by atoms with van der Waals surface area (Å²) in [7, 11) is 0. The van der Waals surface area contributed by atoms with Gasteiger partial charge in [0.1, 0.15) is 0 Å². The number of likely N-dealkylation sites (tertiary alicyclic amines) is 1. The predicted octanol–water partition coefficient (Wildman–Crippen LogP) is 3.18. The zero-order valence-corrected chi connectivity index (χ0v) is 13.4. The number of carbonyl (C=O) groups excluding carboxylic acids is 1. The second kappa shape index (κ2) is 6.93. The van der Waals surface area contributed by atoms with Crippen molar-refractivity contribution < 1.29 is 4.79 Å². The molecule has 0 aromatic carbocycles. The van der Waals surface area contributed by atoms with E-state index >= 15 is 0 Å². The first-order valence-electron chi connectivity index (χ1n) is 8.64. The monoisotopic (exact) mass is 280 g/mol. The van der Waals surface area contributed by atoms with Crippen LogP contribution >= 0.6 is 0 Å². The third kappa shape index (κ3) is 3.19. The second-order valence-corrected chi connectivity index (χ2v) is 6.92. The highest BCUT2D eigenvalue weighted by Crippen LogP contribution is 2.39. The lowest BCUT2D eigenvalue weighted by Crippen LogP contribution is -2.47. The van der Waals surface area contributed by atoms with Gasteiger partial charge in [0, 0.05) is 19.0 Å². The van der Waals surface area contributed by atoms with Gasteiger partial charge in [-0.1, -0.05) is 39.5 Å². The highest BCUT2D eigenvalue weighted by molar-refractivity contribution is 5.79. The van der Waals surface area contributed by atoms with Crippen LogP contribution in [0.15, 0.2) is 0 Å². The maximum absolute atomic E-state index is 12.8. The zero-order chi connectivity index (χ0) is 14.6. The Morgan fingerprint density at radius 1 is 1.15 bits per heavy atom. The molecule has 116 valence electrons. The topological polar surface area (TPSA) is 46.3 Å². The summed E-state index contributed by atoms with van der Waals surface area (Å²) in [4.78, 5) is 14.9. The Labute approximate surface area is 124 Å². The summed E-state index contributed by atoms with van der Waals surface area (Å²) in [6, 6.07) is 0. The first-order chi connectivity index (χ1) is 9.65. The van der Waals surface area contributed by atoms with Gasteiger partial charge in [0.15, 0.2) is 0 Å². The first kappa shape index (κ1) is 15.8. The molecule has 0 aromatic rings. The highest BCUT2D eigenvalue weighted by atomic mass is 16.2. The summed E-state index contributed by atoms with van der Waals surface area (Å²) < 4.78 is 0. The van der Waals surface area contributed by atoms with E-state index in [2.05, 4.69) is 18.7 Å². The summed E-state index contributed by atoms with van der Waals surface area (Å²) >= 11 is 0. The van der Waals surface area contributed by atoms with E-state index in [1.165, 1.54) is 38.5 Å². The average molecular weight is 280 g/mol. The molecule has 2 N–H and O–H groups in total. The summed E-state index contributed by atoms with van der Waals surface area (Å²) in [6.07, 6.45) is 9.53. The van der Waals surface area contributed by atoms with Crippen LogP contribution in [-0.2, 0) is 4.79 Å². The van der Waals surface area contributed by atoms with Crippen LogP contribution in [0.2, 0.25) is 0 Å². The number of nitrogens with two attached hydrogens (primary N) is 1. The molecule has 0 bridgehead atoms. The molecule has 0 spiro atoms. The van der Waals surface area contributed by atoms with E-state index in [1.807, 2.05) is 0 Å². The molecule has 20 heavy (non-hydrogen) atoms. The van der Waals surface area contributed by atoms with Gasteiger partial charge in [-0.15, -0.1) is 0 Å². The van der Waals surface area contributed by atoms with Gasteiger partial charge in [-0.05, 0) is 43.6 Å². The summed E-state index contributed by atoms with van der Waals surface area (Å²) in [6.45, 7) is 7.21. The molecule has 3 nitrogen and oxygen atoms in total. The number of amides is 1. The van der Waals surface area contributed by atoms with E-state index in [9.17, 15) is 4.79 Å². The number of nitrogens with zero attached hydrogens (tertiary/aromatic N) is 1. The molecule has 0 radical (unpaired) electrons. The zero-order valence-electron chi connectivity index (χ0n) is 13.4. The van der Waals surface area contributed by atoms with Crippen LogP contribution in [0.4, 0.5) is 0 Å². The van der Waals surface area contributed by atoms with E-state index < -0.39 is 0 Å². The van der Waals surface area contributed by atoms with Crippen molar-refractivity contribution in [2.24, 2.45) is 23.0 Å². The van der Waals surface area contributed by atoms with Crippen LogP contribution in [0, 0.1) is 17.3 Å². The van der Waals surface area contributed by atoms with Crippen LogP contribution in [0.5, 0.6) is 0 Å². The molecule has 0 aromatic heterocycles. The Morgan fingerprint density at radius 3 is 2.30 bits per heavy atom. The molecule has 1 amide bonds. The number of hydrogen-bond donors (Lipinski definition) is 1. The van der Waals surface area contributed by atoms with Crippen molar-refractivity contribution in [3.63, 3.8) is 0 Å². The molecule has 1 aliphatic carbocycles. The van der Waals surface area contributed by atoms with Gasteiger partial charge in [-0.25, -0.2) is 0 Å². The molecule has 2 fully saturated rings. The van der Waals surface area contributed by atoms with Gasteiger partial charge in [0.05, 0.1) is 0 Å². The van der Waals surface area contributed by atoms with Crippen molar-refractivity contribution in [3.05, 3.63) is 0 Å². The Balaban J connectivity index is 1.94. The van der Waals surface area contributed by atoms with Gasteiger partial charge in [-0.3, -0.25) is 4.79 Å². The smallest absolute Gasteiger partial charge is 0.226 e. The number of carbonyl (C=O) groups is 1. The van der Waals surface area contributed by atoms with Crippen LogP contribution in [-0.4, -0.2) is 30.4 Å². The van der Waals surface area contributed by atoms with Crippen molar-refractivity contribution >= 4 is 5.91 Å². The molecule has 3 heteroatoms. The Morgan fingerprint density at radius 2 is 1.75 bits per heavy atom. The second-order valence-electron chi connectivity index (χ2n) is 6.92. The van der Waals surface area contributed by atoms with Gasteiger partial charge in [0.25, 0.3) is 0 Å². The van der Waals surface area contributed by atoms with E-state index in [-0.39, 0.29) is 5.92 Å². The summed E-state index contributed by atoms with van der Waals surface area (Å²) in [5.41, 5.74) is 6.37. The fourth-order valence-corrected chi connectivity index (χ4v) is 4.21. The minimum absolute atomic E-state index is 0.213. The van der Waals surface area contributed by atoms with Crippen LogP contribution in [0.1, 0.15) is 65.2 Å². The lowest BCUT2D eigenvalue weighted by molar-refractivity contribution is -0.141. The van der Waals surface area contributed by atoms with Gasteiger partial charge in [0.2, 0.25) is 5.91 Å². The predicted molar refractivity (Wildman–Crippen MR) is 83.3 cm³/mol. The van der Waals surface area contributed by atoms with E-state index in [4.69, 9.17) is 5.73 Å². The quantitative estimate of drug-likeness (QED) is 0.859. The molecule has 2 rings (SSSR count). The molecular weight excluding hydrogens is 248 g/mol. The van der Waals surface area contributed by atoms with Crippen molar-refractivity contribution in [2.45, 2.75) is 65.2 Å². The van der Waals surface area contributed by atoms with Crippen LogP contribution in [0.25, 0.3) is 0 Å². The molecule has 1 saturated carbocycles. The van der Waals surface area contributed by atoms with Crippen molar-refractivity contribution in [1.82, 2.24) is 4.90 Å². The number of piperidine rings is 1. The fraction of sp³-hybridized carbons (Fsp3) is 0.941. The molecule has 2 unspecified atom stereocenters. The van der Waals surface area contributed by atoms with Crippen molar-refractivity contribution in [1.29, 1.82) is 0 Å².